The molecule has 7 nitrogen and oxygen atoms in total. The molecule has 8 atom stereocenters. The molecule has 0 aliphatic heterocycles. The average molecular weight is 649 g/mol. The summed E-state index contributed by atoms with van der Waals surface area (Å²) in [4.78, 5) is 26.3. The molecule has 0 radical (unpaired) electrons. The van der Waals surface area contributed by atoms with Gasteiger partial charge in [-0.2, -0.15) is 0 Å². The second kappa shape index (κ2) is 15.1. The van der Waals surface area contributed by atoms with Gasteiger partial charge < -0.3 is 25.2 Å². The van der Waals surface area contributed by atoms with E-state index in [1.165, 1.54) is 0 Å². The summed E-state index contributed by atoms with van der Waals surface area (Å²) >= 11 is 0. The Morgan fingerprint density at radius 2 is 1.47 bits per heavy atom. The maximum Gasteiger partial charge on any atom is 0.306 e. The predicted molar refractivity (Wildman–Crippen MR) is 185 cm³/mol. The fraction of sp³-hybridized carbons (Fsp3) is 0.600. The normalized spacial score (nSPS) is 36.2. The average Bonchev–Trinajstić information content (AvgIpc) is 3.43. The van der Waals surface area contributed by atoms with Crippen LogP contribution in [0.15, 0.2) is 84.1 Å². The summed E-state index contributed by atoms with van der Waals surface area (Å²) in [6.07, 6.45) is 29.9. The molecule has 0 spiro atoms. The lowest BCUT2D eigenvalue weighted by Gasteiger charge is -2.52. The van der Waals surface area contributed by atoms with E-state index in [0.717, 1.165) is 32.1 Å². The standard InChI is InChI=1S/C40H56O7/c1-6-7-8-9-10-11-12-13-14-15-16-17-18-19-20-21-22-23-33(42)47-36-29(3)39(45)31(34-37(4,5)40(34,36)46)25-30(27-41)26-38(44)32(39)24-28(2)35(38)43/h7-8,10-11,13-14,16-17,19-20,24-25,29,31-32,34,36,41,44-46H,6,9,12,15,18,21-23,26-27H2,1-5H3/b8-7-,11-10-,14-13-,17-16-,20-19-/t29-,31+,32-,34-,36-,38-,39-,40-/m1/s1. The molecular formula is C40H56O7. The number of aliphatic hydroxyl groups excluding tert-OH is 1. The van der Waals surface area contributed by atoms with E-state index < -0.39 is 63.7 Å². The zero-order valence-electron chi connectivity index (χ0n) is 28.9. The molecule has 4 rings (SSSR count). The van der Waals surface area contributed by atoms with Crippen molar-refractivity contribution in [1.29, 1.82) is 0 Å². The molecule has 0 heterocycles. The molecule has 2 saturated carbocycles. The third kappa shape index (κ3) is 7.01. The van der Waals surface area contributed by atoms with Gasteiger partial charge in [0, 0.05) is 41.9 Å². The molecule has 0 amide bonds. The van der Waals surface area contributed by atoms with E-state index in [1.807, 2.05) is 13.8 Å². The molecule has 0 aromatic heterocycles. The summed E-state index contributed by atoms with van der Waals surface area (Å²) in [7, 11) is 0. The maximum atomic E-state index is 13.2. The number of ketones is 1. The van der Waals surface area contributed by atoms with Gasteiger partial charge in [0.25, 0.3) is 0 Å². The molecule has 0 saturated heterocycles. The van der Waals surface area contributed by atoms with Gasteiger partial charge in [-0.1, -0.05) is 101 Å². The Labute approximate surface area is 281 Å². The van der Waals surface area contributed by atoms with Crippen molar-refractivity contribution in [1.82, 2.24) is 0 Å². The molecule has 47 heavy (non-hydrogen) atoms. The summed E-state index contributed by atoms with van der Waals surface area (Å²) in [6.45, 7) is 8.90. The molecule has 0 aromatic rings. The number of rotatable bonds is 15. The Morgan fingerprint density at radius 1 is 0.915 bits per heavy atom. The summed E-state index contributed by atoms with van der Waals surface area (Å²) in [6, 6.07) is 0. The van der Waals surface area contributed by atoms with Crippen LogP contribution in [-0.4, -0.2) is 61.7 Å². The lowest BCUT2D eigenvalue weighted by Crippen LogP contribution is -2.65. The fourth-order valence-corrected chi connectivity index (χ4v) is 8.54. The number of allylic oxidation sites excluding steroid dienone is 10. The van der Waals surface area contributed by atoms with Gasteiger partial charge in [0.1, 0.15) is 17.3 Å². The highest BCUT2D eigenvalue weighted by Crippen LogP contribution is 2.75. The molecular weight excluding hydrogens is 592 g/mol. The Kier molecular flexibility index (Phi) is 11.9. The summed E-state index contributed by atoms with van der Waals surface area (Å²) < 4.78 is 6.01. The van der Waals surface area contributed by atoms with Gasteiger partial charge in [-0.3, -0.25) is 9.59 Å². The Bertz CT molecular complexity index is 1360. The van der Waals surface area contributed by atoms with Crippen LogP contribution >= 0.6 is 0 Å². The topological polar surface area (TPSA) is 124 Å². The van der Waals surface area contributed by atoms with E-state index in [4.69, 9.17) is 4.74 Å². The first-order chi connectivity index (χ1) is 22.3. The Morgan fingerprint density at radius 3 is 2.02 bits per heavy atom. The van der Waals surface area contributed by atoms with Crippen molar-refractivity contribution in [2.45, 2.75) is 115 Å². The molecule has 4 aliphatic rings. The lowest BCUT2D eigenvalue weighted by atomic mass is 9.59. The van der Waals surface area contributed by atoms with Crippen molar-refractivity contribution in [3.8, 4) is 0 Å². The van der Waals surface area contributed by atoms with Crippen LogP contribution in [0.25, 0.3) is 0 Å². The molecule has 4 N–H and O–H groups in total. The van der Waals surface area contributed by atoms with Gasteiger partial charge in [-0.05, 0) is 63.0 Å². The third-order valence-corrected chi connectivity index (χ3v) is 11.2. The van der Waals surface area contributed by atoms with Crippen LogP contribution in [0.4, 0.5) is 0 Å². The zero-order chi connectivity index (χ0) is 34.5. The van der Waals surface area contributed by atoms with Gasteiger partial charge in [-0.25, -0.2) is 0 Å². The van der Waals surface area contributed by atoms with Crippen molar-refractivity contribution in [2.24, 2.45) is 29.1 Å². The highest BCUT2D eigenvalue weighted by Gasteiger charge is 2.85. The molecule has 4 aliphatic carbocycles. The minimum atomic E-state index is -1.92. The van der Waals surface area contributed by atoms with Crippen LogP contribution < -0.4 is 0 Å². The number of hydrogen-bond donors (Lipinski definition) is 4. The smallest absolute Gasteiger partial charge is 0.306 e. The van der Waals surface area contributed by atoms with Gasteiger partial charge in [0.05, 0.1) is 12.2 Å². The zero-order valence-corrected chi connectivity index (χ0v) is 28.9. The predicted octanol–water partition coefficient (Wildman–Crippen LogP) is 6.40. The van der Waals surface area contributed by atoms with E-state index in [0.29, 0.717) is 24.0 Å². The monoisotopic (exact) mass is 648 g/mol. The summed E-state index contributed by atoms with van der Waals surface area (Å²) in [5, 5.41) is 46.5. The van der Waals surface area contributed by atoms with Crippen molar-refractivity contribution in [3.63, 3.8) is 0 Å². The van der Waals surface area contributed by atoms with Crippen LogP contribution in [0.5, 0.6) is 0 Å². The van der Waals surface area contributed by atoms with Crippen LogP contribution in [0.1, 0.15) is 92.4 Å². The number of unbranched alkanes of at least 4 members (excludes halogenated alkanes) is 1. The van der Waals surface area contributed by atoms with Crippen molar-refractivity contribution in [3.05, 3.63) is 84.1 Å². The van der Waals surface area contributed by atoms with E-state index in [1.54, 1.807) is 26.0 Å². The largest absolute Gasteiger partial charge is 0.459 e. The van der Waals surface area contributed by atoms with E-state index in [2.05, 4.69) is 67.7 Å². The number of Topliss-reactive ketones (excluding diaryl/α,β-unsaturated/α-hetero) is 1. The van der Waals surface area contributed by atoms with E-state index >= 15 is 0 Å². The number of aliphatic hydroxyl groups is 4. The lowest BCUT2D eigenvalue weighted by molar-refractivity contribution is -0.221. The SMILES string of the molecule is CC/C=C\C/C=C\C/C=C\C/C=C\C/C=C\CCCC(=O)O[C@@H]1[C@@H](C)[C@@]2(O)[C@@H](C=C(CO)C[C@]3(O)C(=O)C(C)=C[C@@H]23)[C@@H]2C(C)(C)[C@]12O. The second-order valence-corrected chi connectivity index (χ2v) is 14.5. The third-order valence-electron chi connectivity index (χ3n) is 11.2. The quantitative estimate of drug-likeness (QED) is 0.0920. The highest BCUT2D eigenvalue weighted by molar-refractivity contribution is 6.04. The maximum absolute atomic E-state index is 13.2. The number of hydrogen-bond acceptors (Lipinski definition) is 7. The molecule has 0 aromatic carbocycles. The summed E-state index contributed by atoms with van der Waals surface area (Å²) in [5.41, 5.74) is -4.90. The fourth-order valence-electron chi connectivity index (χ4n) is 8.54. The number of fused-ring (bicyclic) bond motifs is 5. The highest BCUT2D eigenvalue weighted by atomic mass is 16.6. The van der Waals surface area contributed by atoms with Gasteiger partial charge in [0.2, 0.25) is 0 Å². The Balaban J connectivity index is 1.31. The summed E-state index contributed by atoms with van der Waals surface area (Å²) in [5.74, 6) is -3.84. The van der Waals surface area contributed by atoms with Gasteiger partial charge in [0.15, 0.2) is 5.78 Å². The first kappa shape index (κ1) is 37.0. The molecule has 0 bridgehead atoms. The molecule has 2 fully saturated rings. The molecule has 7 heteroatoms. The van der Waals surface area contributed by atoms with E-state index in [-0.39, 0.29) is 19.4 Å². The van der Waals surface area contributed by atoms with Crippen LogP contribution in [-0.2, 0) is 14.3 Å². The van der Waals surface area contributed by atoms with Crippen LogP contribution in [0.3, 0.4) is 0 Å². The van der Waals surface area contributed by atoms with Gasteiger partial charge >= 0.3 is 5.97 Å². The van der Waals surface area contributed by atoms with Crippen LogP contribution in [0, 0.1) is 29.1 Å². The van der Waals surface area contributed by atoms with Crippen LogP contribution in [0.2, 0.25) is 0 Å². The Hall–Kier alpha value is -2.84. The minimum Gasteiger partial charge on any atom is -0.459 e. The first-order valence-electron chi connectivity index (χ1n) is 17.5. The van der Waals surface area contributed by atoms with Crippen molar-refractivity contribution < 1.29 is 34.8 Å². The first-order valence-corrected chi connectivity index (χ1v) is 17.5. The molecule has 0 unspecified atom stereocenters. The van der Waals surface area contributed by atoms with Gasteiger partial charge in [-0.15, -0.1) is 0 Å². The number of esters is 1. The molecule has 258 valence electrons. The number of carbonyl (C=O) groups is 2. The van der Waals surface area contributed by atoms with Crippen molar-refractivity contribution in [2.75, 3.05) is 6.61 Å². The van der Waals surface area contributed by atoms with E-state index in [9.17, 15) is 30.0 Å². The number of carbonyl (C=O) groups excluding carboxylic acids is 2. The number of ether oxygens (including phenoxy) is 1. The second-order valence-electron chi connectivity index (χ2n) is 14.5. The van der Waals surface area contributed by atoms with Crippen molar-refractivity contribution >= 4 is 11.8 Å². The minimum absolute atomic E-state index is 0.0990.